The molecule has 11 nitrogen and oxygen atoms in total. The molecule has 0 bridgehead atoms. The quantitative estimate of drug-likeness (QED) is 0.414. The van der Waals surface area contributed by atoms with Gasteiger partial charge in [0.25, 0.3) is 15.9 Å². The lowest BCUT2D eigenvalue weighted by Gasteiger charge is -2.32. The van der Waals surface area contributed by atoms with E-state index in [1.165, 1.54) is 67.8 Å². The number of carbonyl (C=O) groups excluding carboxylic acids is 2. The second kappa shape index (κ2) is 11.0. The molecule has 0 spiro atoms. The molecule has 2 atom stereocenters. The highest BCUT2D eigenvalue weighted by Gasteiger charge is 2.57. The Labute approximate surface area is 233 Å². The van der Waals surface area contributed by atoms with Crippen molar-refractivity contribution in [1.82, 2.24) is 15.2 Å². The number of carbonyl (C=O) groups is 2. The third kappa shape index (κ3) is 4.63. The minimum atomic E-state index is -4.43. The molecule has 4 rings (SSSR count). The molecule has 3 aromatic rings. The van der Waals surface area contributed by atoms with Crippen LogP contribution < -0.4 is 19.1 Å². The summed E-state index contributed by atoms with van der Waals surface area (Å²) in [5.74, 6) is -0.505. The normalized spacial score (nSPS) is 17.1. The van der Waals surface area contributed by atoms with Crippen LogP contribution >= 0.6 is 0 Å². The molecule has 1 aliphatic heterocycles. The number of nitriles is 1. The number of likely N-dealkylation sites (N-methyl/N-ethyl adjacent to an activating group) is 1. The standard InChI is InChI=1S/C28H29N5O6S/c1-18(26(34)32(2)3)31-17-28(22-7-6-14-30-25(22)39-5)23-15-19(16-29)8-13-24(23)33(27(28)35)40(36,37)21-11-9-20(38-4)10-12-21/h6-15,18,31H,17H2,1-5H3/t18-,28?/m0/s1. The zero-order valence-corrected chi connectivity index (χ0v) is 23.5. The van der Waals surface area contributed by atoms with E-state index >= 15 is 0 Å². The summed E-state index contributed by atoms with van der Waals surface area (Å²) in [5.41, 5.74) is -0.874. The van der Waals surface area contributed by atoms with Crippen LogP contribution in [0, 0.1) is 11.3 Å². The van der Waals surface area contributed by atoms with E-state index in [-0.39, 0.29) is 45.6 Å². The first kappa shape index (κ1) is 28.5. The Morgan fingerprint density at radius 2 is 1.82 bits per heavy atom. The van der Waals surface area contributed by atoms with Crippen LogP contribution in [0.15, 0.2) is 65.7 Å². The molecule has 2 heterocycles. The number of amides is 2. The highest BCUT2D eigenvalue weighted by atomic mass is 32.2. The Morgan fingerprint density at radius 1 is 1.12 bits per heavy atom. The molecule has 0 radical (unpaired) electrons. The lowest BCUT2D eigenvalue weighted by molar-refractivity contribution is -0.131. The first-order valence-electron chi connectivity index (χ1n) is 12.3. The molecule has 12 heteroatoms. The number of aromatic nitrogens is 1. The molecule has 1 aromatic heterocycles. The number of rotatable bonds is 9. The Bertz CT molecular complexity index is 1600. The average Bonchev–Trinajstić information content (AvgIpc) is 3.22. The van der Waals surface area contributed by atoms with Gasteiger partial charge in [-0.3, -0.25) is 9.59 Å². The summed E-state index contributed by atoms with van der Waals surface area (Å²) in [6.45, 7) is 1.46. The monoisotopic (exact) mass is 563 g/mol. The predicted molar refractivity (Wildman–Crippen MR) is 147 cm³/mol. The van der Waals surface area contributed by atoms with Gasteiger partial charge in [0.15, 0.2) is 0 Å². The second-order valence-electron chi connectivity index (χ2n) is 9.39. The first-order valence-corrected chi connectivity index (χ1v) is 13.7. The molecule has 2 amide bonds. The van der Waals surface area contributed by atoms with Crippen molar-refractivity contribution < 1.29 is 27.5 Å². The fourth-order valence-electron chi connectivity index (χ4n) is 4.80. The first-order chi connectivity index (χ1) is 19.0. The van der Waals surface area contributed by atoms with Gasteiger partial charge in [-0.15, -0.1) is 0 Å². The van der Waals surface area contributed by atoms with Crippen LogP contribution in [0.25, 0.3) is 0 Å². The number of pyridine rings is 1. The molecule has 0 saturated heterocycles. The minimum Gasteiger partial charge on any atom is -0.497 e. The summed E-state index contributed by atoms with van der Waals surface area (Å²) < 4.78 is 39.5. The van der Waals surface area contributed by atoms with Crippen molar-refractivity contribution in [2.45, 2.75) is 23.3 Å². The number of nitrogens with one attached hydrogen (secondary N) is 1. The van der Waals surface area contributed by atoms with Crippen LogP contribution in [0.3, 0.4) is 0 Å². The highest BCUT2D eigenvalue weighted by molar-refractivity contribution is 7.93. The van der Waals surface area contributed by atoms with Gasteiger partial charge in [0, 0.05) is 32.4 Å². The van der Waals surface area contributed by atoms with E-state index in [0.717, 1.165) is 4.31 Å². The van der Waals surface area contributed by atoms with Crippen LogP contribution in [0.2, 0.25) is 0 Å². The van der Waals surface area contributed by atoms with Crippen LogP contribution in [-0.4, -0.2) is 71.0 Å². The van der Waals surface area contributed by atoms with E-state index < -0.39 is 27.4 Å². The van der Waals surface area contributed by atoms with Gasteiger partial charge in [-0.2, -0.15) is 5.26 Å². The summed E-state index contributed by atoms with van der Waals surface area (Å²) in [5, 5.41) is 12.8. The summed E-state index contributed by atoms with van der Waals surface area (Å²) in [7, 11) is 1.64. The summed E-state index contributed by atoms with van der Waals surface area (Å²) in [6.07, 6.45) is 1.49. The van der Waals surface area contributed by atoms with Crippen LogP contribution in [-0.2, 0) is 25.0 Å². The molecular weight excluding hydrogens is 534 g/mol. The van der Waals surface area contributed by atoms with E-state index in [4.69, 9.17) is 9.47 Å². The van der Waals surface area contributed by atoms with Gasteiger partial charge in [-0.25, -0.2) is 17.7 Å². The summed E-state index contributed by atoms with van der Waals surface area (Å²) >= 11 is 0. The number of sulfonamides is 1. The number of anilines is 1. The van der Waals surface area contributed by atoms with Crippen LogP contribution in [0.5, 0.6) is 11.6 Å². The Hall–Kier alpha value is -4.47. The van der Waals surface area contributed by atoms with Gasteiger partial charge in [0.1, 0.15) is 11.2 Å². The fraction of sp³-hybridized carbons (Fsp3) is 0.286. The number of nitrogens with zero attached hydrogens (tertiary/aromatic N) is 4. The number of benzene rings is 2. The van der Waals surface area contributed by atoms with Crippen molar-refractivity contribution in [2.75, 3.05) is 39.2 Å². The smallest absolute Gasteiger partial charge is 0.270 e. The van der Waals surface area contributed by atoms with E-state index in [9.17, 15) is 23.3 Å². The van der Waals surface area contributed by atoms with Crippen LogP contribution in [0.1, 0.15) is 23.6 Å². The van der Waals surface area contributed by atoms with Crippen molar-refractivity contribution >= 4 is 27.5 Å². The zero-order valence-electron chi connectivity index (χ0n) is 22.7. The third-order valence-corrected chi connectivity index (χ3v) is 8.57. The molecule has 1 N–H and O–H groups in total. The maximum atomic E-state index is 14.6. The Balaban J connectivity index is 1.99. The van der Waals surface area contributed by atoms with Gasteiger partial charge < -0.3 is 19.7 Å². The van der Waals surface area contributed by atoms with Gasteiger partial charge in [-0.05, 0) is 61.0 Å². The second-order valence-corrected chi connectivity index (χ2v) is 11.2. The molecule has 208 valence electrons. The van der Waals surface area contributed by atoms with Crippen molar-refractivity contribution in [3.05, 3.63) is 77.5 Å². The zero-order chi connectivity index (χ0) is 29.2. The molecule has 0 saturated carbocycles. The van der Waals surface area contributed by atoms with Crippen molar-refractivity contribution in [3.63, 3.8) is 0 Å². The highest BCUT2D eigenvalue weighted by Crippen LogP contribution is 2.50. The van der Waals surface area contributed by atoms with Gasteiger partial charge >= 0.3 is 0 Å². The van der Waals surface area contributed by atoms with Gasteiger partial charge in [-0.1, -0.05) is 6.07 Å². The Morgan fingerprint density at radius 3 is 2.42 bits per heavy atom. The largest absolute Gasteiger partial charge is 0.497 e. The minimum absolute atomic E-state index is 0.0825. The molecule has 1 unspecified atom stereocenters. The van der Waals surface area contributed by atoms with Gasteiger partial charge in [0.2, 0.25) is 11.8 Å². The maximum absolute atomic E-state index is 14.6. The fourth-order valence-corrected chi connectivity index (χ4v) is 6.28. The molecular formula is C28H29N5O6S. The van der Waals surface area contributed by atoms with Gasteiger partial charge in [0.05, 0.1) is 42.5 Å². The maximum Gasteiger partial charge on any atom is 0.270 e. The topological polar surface area (TPSA) is 142 Å². The molecule has 2 aromatic carbocycles. The molecule has 40 heavy (non-hydrogen) atoms. The summed E-state index contributed by atoms with van der Waals surface area (Å²) in [4.78, 5) is 32.9. The van der Waals surface area contributed by atoms with Crippen molar-refractivity contribution in [3.8, 4) is 17.7 Å². The number of methoxy groups -OCH3 is 2. The number of ether oxygens (including phenoxy) is 2. The van der Waals surface area contributed by atoms with Crippen LogP contribution in [0.4, 0.5) is 5.69 Å². The van der Waals surface area contributed by atoms with E-state index in [1.54, 1.807) is 33.2 Å². The van der Waals surface area contributed by atoms with E-state index in [1.807, 2.05) is 0 Å². The number of hydrogen-bond acceptors (Lipinski definition) is 9. The lowest BCUT2D eigenvalue weighted by Crippen LogP contribution is -2.53. The number of fused-ring (bicyclic) bond motifs is 1. The number of hydrogen-bond donors (Lipinski definition) is 1. The van der Waals surface area contributed by atoms with E-state index in [2.05, 4.69) is 16.4 Å². The molecule has 1 aliphatic rings. The van der Waals surface area contributed by atoms with Crippen molar-refractivity contribution in [2.24, 2.45) is 0 Å². The molecule has 0 fully saturated rings. The van der Waals surface area contributed by atoms with Crippen molar-refractivity contribution in [1.29, 1.82) is 5.26 Å². The SMILES string of the molecule is COc1ccc(S(=O)(=O)N2C(=O)C(CN[C@@H](C)C(=O)N(C)C)(c3cccnc3OC)c3cc(C#N)ccc32)cc1. The third-order valence-electron chi connectivity index (χ3n) is 6.86. The lowest BCUT2D eigenvalue weighted by atomic mass is 9.75. The predicted octanol–water partition coefficient (Wildman–Crippen LogP) is 2.06. The van der Waals surface area contributed by atoms with E-state index in [0.29, 0.717) is 5.75 Å². The Kier molecular flexibility index (Phi) is 7.81. The summed E-state index contributed by atoms with van der Waals surface area (Å²) in [6, 6.07) is 14.6. The molecule has 0 aliphatic carbocycles. The average molecular weight is 564 g/mol.